The van der Waals surface area contributed by atoms with E-state index in [0.29, 0.717) is 17.9 Å². The molecule has 1 heterocycles. The highest BCUT2D eigenvalue weighted by atomic mass is 79.9. The average Bonchev–Trinajstić information content (AvgIpc) is 2.65. The molecule has 0 aliphatic carbocycles. The first-order chi connectivity index (χ1) is 7.20. The van der Waals surface area contributed by atoms with Gasteiger partial charge in [-0.2, -0.15) is 0 Å². The van der Waals surface area contributed by atoms with E-state index in [1.165, 1.54) is 6.20 Å². The van der Waals surface area contributed by atoms with Crippen LogP contribution in [0.1, 0.15) is 29.5 Å². The first-order valence-corrected chi connectivity index (χ1v) is 6.09. The zero-order valence-corrected chi connectivity index (χ0v) is 10.6. The lowest BCUT2D eigenvalue weighted by molar-refractivity contribution is 0.0763. The molecule has 0 spiro atoms. The van der Waals surface area contributed by atoms with Gasteiger partial charge in [-0.05, 0) is 20.3 Å². The minimum absolute atomic E-state index is 0.00259. The third-order valence-corrected chi connectivity index (χ3v) is 2.77. The second-order valence-corrected chi connectivity index (χ2v) is 4.02. The summed E-state index contributed by atoms with van der Waals surface area (Å²) in [6, 6.07) is 0. The van der Waals surface area contributed by atoms with Crippen molar-refractivity contribution < 1.29 is 9.32 Å². The SMILES string of the molecule is CCN(CCCBr)C(=O)c1cnoc1C. The normalized spacial score (nSPS) is 10.3. The van der Waals surface area contributed by atoms with Crippen molar-refractivity contribution >= 4 is 21.8 Å². The summed E-state index contributed by atoms with van der Waals surface area (Å²) in [7, 11) is 0. The van der Waals surface area contributed by atoms with Crippen molar-refractivity contribution in [3.63, 3.8) is 0 Å². The minimum atomic E-state index is -0.00259. The summed E-state index contributed by atoms with van der Waals surface area (Å²) < 4.78 is 4.88. The van der Waals surface area contributed by atoms with Crippen LogP contribution < -0.4 is 0 Å². The number of aromatic nitrogens is 1. The van der Waals surface area contributed by atoms with E-state index in [2.05, 4.69) is 21.1 Å². The number of halogens is 1. The molecule has 5 heteroatoms. The van der Waals surface area contributed by atoms with Gasteiger partial charge in [-0.3, -0.25) is 4.79 Å². The third-order valence-electron chi connectivity index (χ3n) is 2.21. The molecule has 0 N–H and O–H groups in total. The van der Waals surface area contributed by atoms with Gasteiger partial charge in [0, 0.05) is 18.4 Å². The predicted octanol–water partition coefficient (Wildman–Crippen LogP) is 2.23. The summed E-state index contributed by atoms with van der Waals surface area (Å²) in [6.07, 6.45) is 2.43. The lowest BCUT2D eigenvalue weighted by Gasteiger charge is -2.19. The molecule has 0 radical (unpaired) electrons. The first-order valence-electron chi connectivity index (χ1n) is 4.97. The standard InChI is InChI=1S/C10H15BrN2O2/c1-3-13(6-4-5-11)10(14)9-7-12-15-8(9)2/h7H,3-6H2,1-2H3. The number of hydrogen-bond donors (Lipinski definition) is 0. The molecular formula is C10H15BrN2O2. The summed E-state index contributed by atoms with van der Waals surface area (Å²) in [6.45, 7) is 5.18. The van der Waals surface area contributed by atoms with Gasteiger partial charge in [-0.1, -0.05) is 21.1 Å². The monoisotopic (exact) mass is 274 g/mol. The van der Waals surface area contributed by atoms with Gasteiger partial charge in [0.25, 0.3) is 5.91 Å². The number of carbonyl (C=O) groups excluding carboxylic acids is 1. The Morgan fingerprint density at radius 1 is 1.67 bits per heavy atom. The molecule has 0 unspecified atom stereocenters. The molecule has 0 atom stereocenters. The van der Waals surface area contributed by atoms with Crippen LogP contribution in [0, 0.1) is 6.92 Å². The summed E-state index contributed by atoms with van der Waals surface area (Å²) in [4.78, 5) is 13.8. The molecule has 1 aromatic rings. The Balaban J connectivity index is 2.69. The van der Waals surface area contributed by atoms with Gasteiger partial charge in [0.15, 0.2) is 0 Å². The minimum Gasteiger partial charge on any atom is -0.361 e. The molecular weight excluding hydrogens is 260 g/mol. The number of rotatable bonds is 5. The quantitative estimate of drug-likeness (QED) is 0.774. The van der Waals surface area contributed by atoms with E-state index < -0.39 is 0 Å². The predicted molar refractivity (Wildman–Crippen MR) is 61.2 cm³/mol. The average molecular weight is 275 g/mol. The number of alkyl halides is 1. The van der Waals surface area contributed by atoms with Crippen LogP contribution in [0.2, 0.25) is 0 Å². The fraction of sp³-hybridized carbons (Fsp3) is 0.600. The van der Waals surface area contributed by atoms with E-state index in [9.17, 15) is 4.79 Å². The van der Waals surface area contributed by atoms with Gasteiger partial charge in [0.1, 0.15) is 11.3 Å². The second-order valence-electron chi connectivity index (χ2n) is 3.22. The topological polar surface area (TPSA) is 46.3 Å². The van der Waals surface area contributed by atoms with Crippen LogP contribution in [0.4, 0.5) is 0 Å². The van der Waals surface area contributed by atoms with Crippen LogP contribution in [0.3, 0.4) is 0 Å². The van der Waals surface area contributed by atoms with E-state index in [0.717, 1.165) is 18.3 Å². The van der Waals surface area contributed by atoms with Crippen LogP contribution in [-0.2, 0) is 0 Å². The molecule has 15 heavy (non-hydrogen) atoms. The smallest absolute Gasteiger partial charge is 0.259 e. The highest BCUT2D eigenvalue weighted by Gasteiger charge is 2.18. The van der Waals surface area contributed by atoms with Crippen LogP contribution >= 0.6 is 15.9 Å². The number of nitrogens with zero attached hydrogens (tertiary/aromatic N) is 2. The molecule has 0 aliphatic heterocycles. The van der Waals surface area contributed by atoms with Gasteiger partial charge in [0.05, 0.1) is 6.20 Å². The van der Waals surface area contributed by atoms with E-state index in [1.807, 2.05) is 6.92 Å². The molecule has 0 saturated carbocycles. The second kappa shape index (κ2) is 5.90. The number of carbonyl (C=O) groups is 1. The number of aryl methyl sites for hydroxylation is 1. The Bertz CT molecular complexity index is 325. The Morgan fingerprint density at radius 2 is 2.40 bits per heavy atom. The molecule has 1 aromatic heterocycles. The van der Waals surface area contributed by atoms with Gasteiger partial charge in [0.2, 0.25) is 0 Å². The summed E-state index contributed by atoms with van der Waals surface area (Å²) in [5.41, 5.74) is 0.562. The van der Waals surface area contributed by atoms with E-state index in [-0.39, 0.29) is 5.91 Å². The van der Waals surface area contributed by atoms with Crippen molar-refractivity contribution in [2.24, 2.45) is 0 Å². The van der Waals surface area contributed by atoms with Crippen molar-refractivity contribution in [2.45, 2.75) is 20.3 Å². The molecule has 4 nitrogen and oxygen atoms in total. The maximum atomic E-state index is 12.0. The highest BCUT2D eigenvalue weighted by Crippen LogP contribution is 2.10. The molecule has 0 fully saturated rings. The lowest BCUT2D eigenvalue weighted by Crippen LogP contribution is -2.32. The van der Waals surface area contributed by atoms with E-state index >= 15 is 0 Å². The number of amides is 1. The largest absolute Gasteiger partial charge is 0.361 e. The third kappa shape index (κ3) is 3.06. The zero-order valence-electron chi connectivity index (χ0n) is 8.99. The van der Waals surface area contributed by atoms with E-state index in [1.54, 1.807) is 11.8 Å². The molecule has 0 bridgehead atoms. The summed E-state index contributed by atoms with van der Waals surface area (Å²) in [5, 5.41) is 4.51. The molecule has 0 aliphatic rings. The van der Waals surface area contributed by atoms with Crippen molar-refractivity contribution in [2.75, 3.05) is 18.4 Å². The van der Waals surface area contributed by atoms with Gasteiger partial charge >= 0.3 is 0 Å². The summed E-state index contributed by atoms with van der Waals surface area (Å²) >= 11 is 3.35. The maximum Gasteiger partial charge on any atom is 0.259 e. The fourth-order valence-electron chi connectivity index (χ4n) is 1.33. The van der Waals surface area contributed by atoms with Crippen LogP contribution in [-0.4, -0.2) is 34.4 Å². The van der Waals surface area contributed by atoms with Crippen LogP contribution in [0.5, 0.6) is 0 Å². The lowest BCUT2D eigenvalue weighted by atomic mass is 10.2. The zero-order chi connectivity index (χ0) is 11.3. The molecule has 84 valence electrons. The van der Waals surface area contributed by atoms with Crippen LogP contribution in [0.15, 0.2) is 10.7 Å². The van der Waals surface area contributed by atoms with Crippen molar-refractivity contribution in [1.82, 2.24) is 10.1 Å². The Labute approximate surface area is 97.7 Å². The Hall–Kier alpha value is -0.840. The van der Waals surface area contributed by atoms with Crippen LogP contribution in [0.25, 0.3) is 0 Å². The maximum absolute atomic E-state index is 12.0. The van der Waals surface area contributed by atoms with Crippen molar-refractivity contribution in [3.8, 4) is 0 Å². The number of hydrogen-bond acceptors (Lipinski definition) is 3. The Kier molecular flexibility index (Phi) is 4.81. The molecule has 0 aromatic carbocycles. The molecule has 0 saturated heterocycles. The van der Waals surface area contributed by atoms with E-state index in [4.69, 9.17) is 4.52 Å². The van der Waals surface area contributed by atoms with Crippen molar-refractivity contribution in [3.05, 3.63) is 17.5 Å². The summed E-state index contributed by atoms with van der Waals surface area (Å²) in [5.74, 6) is 0.578. The molecule has 1 rings (SSSR count). The first kappa shape index (κ1) is 12.2. The van der Waals surface area contributed by atoms with Gasteiger partial charge in [-0.15, -0.1) is 0 Å². The Morgan fingerprint density at radius 3 is 2.87 bits per heavy atom. The highest BCUT2D eigenvalue weighted by molar-refractivity contribution is 9.09. The van der Waals surface area contributed by atoms with Crippen molar-refractivity contribution in [1.29, 1.82) is 0 Å². The van der Waals surface area contributed by atoms with Gasteiger partial charge in [-0.25, -0.2) is 0 Å². The van der Waals surface area contributed by atoms with Gasteiger partial charge < -0.3 is 9.42 Å². The fourth-order valence-corrected chi connectivity index (χ4v) is 1.58. The molecule has 1 amide bonds.